The molecule has 9 heteroatoms. The topological polar surface area (TPSA) is 98.8 Å². The Morgan fingerprint density at radius 1 is 1.35 bits per heavy atom. The molecular weight excluding hydrogens is 288 g/mol. The number of hydrogen-bond donors (Lipinski definition) is 2. The highest BCUT2D eigenvalue weighted by Crippen LogP contribution is 2.09. The van der Waals surface area contributed by atoms with Crippen molar-refractivity contribution in [2.75, 3.05) is 26.7 Å². The van der Waals surface area contributed by atoms with Crippen LogP contribution in [0, 0.1) is 0 Å². The summed E-state index contributed by atoms with van der Waals surface area (Å²) in [6.45, 7) is 1.19. The van der Waals surface area contributed by atoms with E-state index < -0.39 is 30.3 Å². The lowest BCUT2D eigenvalue weighted by Crippen LogP contribution is -2.49. The molecular formula is C11H17ClN4O4. The van der Waals surface area contributed by atoms with E-state index in [0.717, 1.165) is 19.4 Å². The van der Waals surface area contributed by atoms with Crippen LogP contribution in [0.4, 0.5) is 4.79 Å². The molecule has 0 unspecified atom stereocenters. The van der Waals surface area contributed by atoms with Gasteiger partial charge in [0.1, 0.15) is 6.54 Å². The lowest BCUT2D eigenvalue weighted by molar-refractivity contribution is -0.143. The molecule has 2 aliphatic rings. The number of rotatable bonds is 3. The van der Waals surface area contributed by atoms with Gasteiger partial charge in [-0.25, -0.2) is 9.69 Å². The number of carbonyl (C=O) groups excluding carboxylic acids is 4. The zero-order chi connectivity index (χ0) is 14.0. The molecule has 2 saturated heterocycles. The van der Waals surface area contributed by atoms with Gasteiger partial charge in [-0.1, -0.05) is 0 Å². The molecule has 2 aliphatic heterocycles. The SMILES string of the molecule is CN1C(=O)C(=O)N(CC(=O)N[C@H]2CCCNC2)C1=O.Cl. The van der Waals surface area contributed by atoms with Crippen molar-refractivity contribution in [3.8, 4) is 0 Å². The average molecular weight is 305 g/mol. The lowest BCUT2D eigenvalue weighted by atomic mass is 10.1. The molecule has 2 fully saturated rings. The molecule has 0 aromatic heterocycles. The molecule has 112 valence electrons. The first kappa shape index (κ1) is 16.4. The van der Waals surface area contributed by atoms with Crippen molar-refractivity contribution < 1.29 is 19.2 Å². The maximum atomic E-state index is 11.8. The number of hydrogen-bond acceptors (Lipinski definition) is 5. The van der Waals surface area contributed by atoms with E-state index in [1.54, 1.807) is 0 Å². The van der Waals surface area contributed by atoms with Crippen molar-refractivity contribution in [2.45, 2.75) is 18.9 Å². The first-order valence-electron chi connectivity index (χ1n) is 6.14. The van der Waals surface area contributed by atoms with Gasteiger partial charge in [0.05, 0.1) is 0 Å². The fourth-order valence-corrected chi connectivity index (χ4v) is 2.15. The summed E-state index contributed by atoms with van der Waals surface area (Å²) in [4.78, 5) is 47.4. The van der Waals surface area contributed by atoms with Crippen LogP contribution in [0.2, 0.25) is 0 Å². The fourth-order valence-electron chi connectivity index (χ4n) is 2.15. The summed E-state index contributed by atoms with van der Waals surface area (Å²) in [6.07, 6.45) is 1.83. The predicted octanol–water partition coefficient (Wildman–Crippen LogP) is -1.30. The number of piperidine rings is 1. The number of likely N-dealkylation sites (N-methyl/N-ethyl adjacent to an activating group) is 1. The van der Waals surface area contributed by atoms with Crippen LogP contribution in [0.25, 0.3) is 0 Å². The molecule has 0 radical (unpaired) electrons. The van der Waals surface area contributed by atoms with E-state index in [2.05, 4.69) is 10.6 Å². The van der Waals surface area contributed by atoms with Gasteiger partial charge in [-0.2, -0.15) is 0 Å². The van der Waals surface area contributed by atoms with Crippen LogP contribution in [-0.4, -0.2) is 66.3 Å². The molecule has 8 nitrogen and oxygen atoms in total. The van der Waals surface area contributed by atoms with E-state index in [0.29, 0.717) is 16.3 Å². The van der Waals surface area contributed by atoms with Crippen LogP contribution in [0.3, 0.4) is 0 Å². The molecule has 2 rings (SSSR count). The number of carbonyl (C=O) groups is 4. The van der Waals surface area contributed by atoms with E-state index in [9.17, 15) is 19.2 Å². The normalized spacial score (nSPS) is 22.9. The van der Waals surface area contributed by atoms with Crippen molar-refractivity contribution in [2.24, 2.45) is 0 Å². The Kier molecular flexibility index (Phi) is 5.46. The Balaban J connectivity index is 0.00000200. The summed E-state index contributed by atoms with van der Waals surface area (Å²) < 4.78 is 0. The van der Waals surface area contributed by atoms with E-state index in [1.165, 1.54) is 7.05 Å². The van der Waals surface area contributed by atoms with Crippen LogP contribution in [-0.2, 0) is 14.4 Å². The number of halogens is 1. The van der Waals surface area contributed by atoms with E-state index in [4.69, 9.17) is 0 Å². The molecule has 0 aromatic carbocycles. The highest BCUT2D eigenvalue weighted by atomic mass is 35.5. The van der Waals surface area contributed by atoms with Crippen molar-refractivity contribution in [1.29, 1.82) is 0 Å². The first-order valence-corrected chi connectivity index (χ1v) is 6.14. The van der Waals surface area contributed by atoms with E-state index in [1.807, 2.05) is 0 Å². The second-order valence-electron chi connectivity index (χ2n) is 4.65. The zero-order valence-electron chi connectivity index (χ0n) is 11.0. The zero-order valence-corrected chi connectivity index (χ0v) is 11.9. The summed E-state index contributed by atoms with van der Waals surface area (Å²) >= 11 is 0. The Morgan fingerprint density at radius 3 is 2.55 bits per heavy atom. The summed E-state index contributed by atoms with van der Waals surface area (Å²) in [5, 5.41) is 5.88. The van der Waals surface area contributed by atoms with Crippen molar-refractivity contribution >= 4 is 36.2 Å². The standard InChI is InChI=1S/C11H16N4O4.ClH/c1-14-9(17)10(18)15(11(14)19)6-8(16)13-7-3-2-4-12-5-7;/h7,12H,2-6H2,1H3,(H,13,16);1H/t7-;/m0./s1. The van der Waals surface area contributed by atoms with Crippen molar-refractivity contribution in [3.05, 3.63) is 0 Å². The molecule has 0 saturated carbocycles. The lowest BCUT2D eigenvalue weighted by Gasteiger charge is -2.24. The quantitative estimate of drug-likeness (QED) is 0.499. The van der Waals surface area contributed by atoms with E-state index >= 15 is 0 Å². The fraction of sp³-hybridized carbons (Fsp3) is 0.636. The van der Waals surface area contributed by atoms with E-state index in [-0.39, 0.29) is 18.4 Å². The third-order valence-corrected chi connectivity index (χ3v) is 3.21. The van der Waals surface area contributed by atoms with Gasteiger partial charge in [0.15, 0.2) is 0 Å². The highest BCUT2D eigenvalue weighted by Gasteiger charge is 2.43. The van der Waals surface area contributed by atoms with Crippen LogP contribution >= 0.6 is 12.4 Å². The number of amides is 5. The van der Waals surface area contributed by atoms with Gasteiger partial charge >= 0.3 is 17.8 Å². The minimum Gasteiger partial charge on any atom is -0.351 e. The Bertz CT molecular complexity index is 436. The Hall–Kier alpha value is -1.67. The van der Waals surface area contributed by atoms with Gasteiger partial charge in [0, 0.05) is 19.6 Å². The summed E-state index contributed by atoms with van der Waals surface area (Å²) in [5.74, 6) is -2.29. The number of nitrogens with zero attached hydrogens (tertiary/aromatic N) is 2. The Morgan fingerprint density at radius 2 is 2.05 bits per heavy atom. The van der Waals surface area contributed by atoms with Crippen molar-refractivity contribution in [3.63, 3.8) is 0 Å². The van der Waals surface area contributed by atoms with Crippen LogP contribution in [0.5, 0.6) is 0 Å². The number of imide groups is 2. The number of nitrogens with one attached hydrogen (secondary N) is 2. The second kappa shape index (κ2) is 6.67. The smallest absolute Gasteiger partial charge is 0.334 e. The summed E-state index contributed by atoms with van der Waals surface area (Å²) in [7, 11) is 1.21. The minimum absolute atomic E-state index is 0. The first-order chi connectivity index (χ1) is 9.00. The predicted molar refractivity (Wildman–Crippen MR) is 71.2 cm³/mol. The molecule has 0 aliphatic carbocycles. The second-order valence-corrected chi connectivity index (χ2v) is 4.65. The van der Waals surface area contributed by atoms with Gasteiger partial charge in [-0.3, -0.25) is 19.3 Å². The largest absolute Gasteiger partial charge is 0.351 e. The monoisotopic (exact) mass is 304 g/mol. The van der Waals surface area contributed by atoms with Gasteiger partial charge in [-0.05, 0) is 19.4 Å². The molecule has 0 bridgehead atoms. The molecule has 5 amide bonds. The van der Waals surface area contributed by atoms with Crippen LogP contribution in [0.15, 0.2) is 0 Å². The molecule has 0 aromatic rings. The molecule has 0 spiro atoms. The average Bonchev–Trinajstić information content (AvgIpc) is 2.58. The molecule has 2 N–H and O–H groups in total. The molecule has 1 atom stereocenters. The molecule has 20 heavy (non-hydrogen) atoms. The van der Waals surface area contributed by atoms with Crippen molar-refractivity contribution in [1.82, 2.24) is 20.4 Å². The minimum atomic E-state index is -0.954. The van der Waals surface area contributed by atoms with Crippen LogP contribution < -0.4 is 10.6 Å². The van der Waals surface area contributed by atoms with Gasteiger partial charge in [-0.15, -0.1) is 12.4 Å². The van der Waals surface area contributed by atoms with Gasteiger partial charge < -0.3 is 10.6 Å². The summed E-state index contributed by atoms with van der Waals surface area (Å²) in [5.41, 5.74) is 0. The maximum Gasteiger partial charge on any atom is 0.334 e. The van der Waals surface area contributed by atoms with Gasteiger partial charge in [0.2, 0.25) is 5.91 Å². The number of urea groups is 1. The third-order valence-electron chi connectivity index (χ3n) is 3.21. The maximum absolute atomic E-state index is 11.8. The Labute approximate surface area is 122 Å². The highest BCUT2D eigenvalue weighted by molar-refractivity contribution is 6.44. The summed E-state index contributed by atoms with van der Waals surface area (Å²) in [6, 6.07) is -0.755. The van der Waals surface area contributed by atoms with Crippen LogP contribution in [0.1, 0.15) is 12.8 Å². The van der Waals surface area contributed by atoms with Gasteiger partial charge in [0.25, 0.3) is 0 Å². The molecule has 2 heterocycles. The third kappa shape index (κ3) is 3.26.